The molecule has 4 rings (SSSR count). The summed E-state index contributed by atoms with van der Waals surface area (Å²) in [5, 5.41) is 7.07. The molecule has 0 aromatic carbocycles. The Morgan fingerprint density at radius 3 is 0.322 bits per heavy atom. The summed E-state index contributed by atoms with van der Waals surface area (Å²) in [4.78, 5) is 15.0. The minimum absolute atomic E-state index is 0. The summed E-state index contributed by atoms with van der Waals surface area (Å²) in [7, 11) is 0. The van der Waals surface area contributed by atoms with Crippen molar-refractivity contribution in [3.8, 4) is 0 Å². The lowest BCUT2D eigenvalue weighted by Gasteiger charge is -1.70. The second-order valence-corrected chi connectivity index (χ2v) is 3.86. The number of hydrogen-bond acceptors (Lipinski definition) is 6. The Balaban J connectivity index is -0.0000000173. The average molecular weight is 854 g/mol. The molecule has 0 saturated carbocycles. The second kappa shape index (κ2) is 374. The SMILES string of the molecule is CC.CC.CC.CC.CC.CC.CC.CC.CC.CC.CC.CC.CC.CC.CC.CC.O.O.O.c1ccncc1.c1ccncc1.c1ccnnc1.c1cnccn1. The third-order valence-electron chi connectivity index (χ3n) is 2.09. The number of hydrogen-bond donors (Lipinski definition) is 0. The zero-order chi connectivity index (χ0) is 49.0. The van der Waals surface area contributed by atoms with Crippen LogP contribution in [0.4, 0.5) is 0 Å². The van der Waals surface area contributed by atoms with Crippen molar-refractivity contribution in [2.24, 2.45) is 0 Å². The van der Waals surface area contributed by atoms with E-state index in [9.17, 15) is 0 Å². The summed E-state index contributed by atoms with van der Waals surface area (Å²) in [6.07, 6.45) is 16.8. The van der Waals surface area contributed by atoms with Gasteiger partial charge >= 0.3 is 0 Å². The highest BCUT2D eigenvalue weighted by molar-refractivity contribution is 4.88. The van der Waals surface area contributed by atoms with Crippen LogP contribution in [0.2, 0.25) is 0 Å². The van der Waals surface area contributed by atoms with Crippen molar-refractivity contribution in [1.29, 1.82) is 0 Å². The fourth-order valence-corrected chi connectivity index (χ4v) is 1.13. The van der Waals surface area contributed by atoms with Crippen molar-refractivity contribution in [2.45, 2.75) is 222 Å². The summed E-state index contributed by atoms with van der Waals surface area (Å²) in [6, 6.07) is 15.1. The van der Waals surface area contributed by atoms with Gasteiger partial charge in [-0.1, -0.05) is 234 Å². The zero-order valence-electron chi connectivity index (χ0n) is 46.6. The van der Waals surface area contributed by atoms with E-state index in [0.717, 1.165) is 0 Å². The largest absolute Gasteiger partial charge is 0.412 e. The highest BCUT2D eigenvalue weighted by Gasteiger charge is 1.60. The minimum Gasteiger partial charge on any atom is -0.412 e. The van der Waals surface area contributed by atoms with Crippen LogP contribution < -0.4 is 0 Å². The fraction of sp³-hybridized carbons (Fsp3) is 0.640. The molecule has 0 aliphatic rings. The first-order valence-electron chi connectivity index (χ1n) is 23.1. The first-order valence-corrected chi connectivity index (χ1v) is 23.1. The predicted octanol–water partition coefficient (Wildman–Crippen LogP) is 17.1. The van der Waals surface area contributed by atoms with E-state index in [1.165, 1.54) is 0 Å². The van der Waals surface area contributed by atoms with Crippen molar-refractivity contribution < 1.29 is 16.4 Å². The Hall–Kier alpha value is -3.66. The number of rotatable bonds is 0. The van der Waals surface area contributed by atoms with Crippen LogP contribution in [0.15, 0.2) is 110 Å². The molecule has 9 heteroatoms. The van der Waals surface area contributed by atoms with Gasteiger partial charge in [0.2, 0.25) is 0 Å². The van der Waals surface area contributed by atoms with Crippen LogP contribution in [0.5, 0.6) is 0 Å². The van der Waals surface area contributed by atoms with Crippen LogP contribution in [0.25, 0.3) is 0 Å². The quantitative estimate of drug-likeness (QED) is 0.170. The Labute approximate surface area is 377 Å². The molecule has 4 aromatic heterocycles. The Morgan fingerprint density at radius 1 is 0.153 bits per heavy atom. The van der Waals surface area contributed by atoms with Crippen molar-refractivity contribution >= 4 is 0 Å². The van der Waals surface area contributed by atoms with E-state index in [-0.39, 0.29) is 16.4 Å². The molecular formula is C50H120N6O3. The van der Waals surface area contributed by atoms with E-state index >= 15 is 0 Å². The van der Waals surface area contributed by atoms with Crippen LogP contribution in [0, 0.1) is 0 Å². The maximum absolute atomic E-state index is 3.78. The molecule has 6 N–H and O–H groups in total. The molecule has 4 heterocycles. The number of pyridine rings is 2. The molecule has 0 aliphatic carbocycles. The van der Waals surface area contributed by atoms with Gasteiger partial charge in [-0.25, -0.2) is 0 Å². The lowest BCUT2D eigenvalue weighted by atomic mass is 10.5. The van der Waals surface area contributed by atoms with Gasteiger partial charge in [0.15, 0.2) is 0 Å². The van der Waals surface area contributed by atoms with E-state index in [0.29, 0.717) is 0 Å². The van der Waals surface area contributed by atoms with Gasteiger partial charge in [-0.3, -0.25) is 19.9 Å². The molecule has 0 amide bonds. The van der Waals surface area contributed by atoms with Crippen LogP contribution in [0.3, 0.4) is 0 Å². The summed E-state index contributed by atoms with van der Waals surface area (Å²) < 4.78 is 0. The van der Waals surface area contributed by atoms with Crippen molar-refractivity contribution in [3.05, 3.63) is 110 Å². The summed E-state index contributed by atoms with van der Waals surface area (Å²) in [5.41, 5.74) is 0. The summed E-state index contributed by atoms with van der Waals surface area (Å²) in [5.74, 6) is 0. The van der Waals surface area contributed by atoms with Crippen LogP contribution >= 0.6 is 0 Å². The molecule has 0 bridgehead atoms. The zero-order valence-corrected chi connectivity index (χ0v) is 46.6. The predicted molar refractivity (Wildman–Crippen MR) is 285 cm³/mol. The van der Waals surface area contributed by atoms with Gasteiger partial charge in [0, 0.05) is 62.0 Å². The van der Waals surface area contributed by atoms with Crippen molar-refractivity contribution in [3.63, 3.8) is 0 Å². The Bertz CT molecular complexity index is 458. The second-order valence-electron chi connectivity index (χ2n) is 3.86. The molecule has 0 atom stereocenters. The van der Waals surface area contributed by atoms with Gasteiger partial charge < -0.3 is 16.4 Å². The topological polar surface area (TPSA) is 172 Å². The molecule has 59 heavy (non-hydrogen) atoms. The molecule has 0 fully saturated rings. The summed E-state index contributed by atoms with van der Waals surface area (Å²) >= 11 is 0. The lowest BCUT2D eigenvalue weighted by Crippen LogP contribution is -1.69. The van der Waals surface area contributed by atoms with Gasteiger partial charge in [-0.2, -0.15) is 10.2 Å². The normalized spacial score (nSPS) is 4.88. The number of nitrogens with zero attached hydrogens (tertiary/aromatic N) is 6. The molecular weight excluding hydrogens is 733 g/mol. The molecule has 9 nitrogen and oxygen atoms in total. The monoisotopic (exact) mass is 853 g/mol. The van der Waals surface area contributed by atoms with Gasteiger partial charge in [-0.15, -0.1) is 0 Å². The lowest BCUT2D eigenvalue weighted by molar-refractivity contribution is 0.823. The minimum atomic E-state index is 0. The average Bonchev–Trinajstić information content (AvgIpc) is 3.41. The van der Waals surface area contributed by atoms with E-state index in [4.69, 9.17) is 0 Å². The van der Waals surface area contributed by atoms with E-state index in [2.05, 4.69) is 30.1 Å². The van der Waals surface area contributed by atoms with Gasteiger partial charge in [0.1, 0.15) is 0 Å². The Morgan fingerprint density at radius 2 is 0.271 bits per heavy atom. The molecule has 4 aromatic rings. The smallest absolute Gasteiger partial charge is 0.0496 e. The van der Waals surface area contributed by atoms with Gasteiger partial charge in [0.05, 0.1) is 0 Å². The molecule has 0 saturated heterocycles. The maximum Gasteiger partial charge on any atom is 0.0496 e. The van der Waals surface area contributed by atoms with Crippen LogP contribution in [-0.4, -0.2) is 46.6 Å². The van der Waals surface area contributed by atoms with E-state index < -0.39 is 0 Å². The molecule has 0 aliphatic heterocycles. The molecule has 0 spiro atoms. The van der Waals surface area contributed by atoms with Crippen LogP contribution in [-0.2, 0) is 0 Å². The van der Waals surface area contributed by atoms with Crippen molar-refractivity contribution in [2.75, 3.05) is 0 Å². The molecule has 0 radical (unpaired) electrons. The highest BCUT2D eigenvalue weighted by Crippen LogP contribution is 1.74. The van der Waals surface area contributed by atoms with Crippen molar-refractivity contribution in [1.82, 2.24) is 30.1 Å². The van der Waals surface area contributed by atoms with Gasteiger partial charge in [0.25, 0.3) is 0 Å². The standard InChI is InChI=1S/2C5H5N.2C4H4N2.16C2H6.3H2O/c2*1-2-4-6-5-3-1;1-2-6-4-3-5-1;1-2-4-6-5-3-1;16*1-2;;;/h2*1-5H;2*1-4H;16*1-2H3;3*1H2. The van der Waals surface area contributed by atoms with E-state index in [1.807, 2.05) is 270 Å². The summed E-state index contributed by atoms with van der Waals surface area (Å²) in [6.45, 7) is 64.0. The van der Waals surface area contributed by atoms with Gasteiger partial charge in [-0.05, 0) is 36.4 Å². The number of aromatic nitrogens is 6. The first kappa shape index (κ1) is 124. The maximum atomic E-state index is 3.78. The molecule has 0 unspecified atom stereocenters. The highest BCUT2D eigenvalue weighted by atomic mass is 16.0. The van der Waals surface area contributed by atoms with E-state index in [1.54, 1.807) is 62.0 Å². The third kappa shape index (κ3) is 360. The fourth-order valence-electron chi connectivity index (χ4n) is 1.13. The van der Waals surface area contributed by atoms with Crippen LogP contribution in [0.1, 0.15) is 222 Å². The Kier molecular flexibility index (Phi) is 784. The first-order chi connectivity index (χ1) is 28.0. The molecule has 368 valence electrons. The third-order valence-corrected chi connectivity index (χ3v) is 2.09.